The normalized spacial score (nSPS) is 10.7. The summed E-state index contributed by atoms with van der Waals surface area (Å²) in [6.45, 7) is 0. The van der Waals surface area contributed by atoms with Crippen LogP contribution in [0.3, 0.4) is 0 Å². The monoisotopic (exact) mass is 328 g/mol. The highest BCUT2D eigenvalue weighted by Gasteiger charge is 2.20. The lowest BCUT2D eigenvalue weighted by Crippen LogP contribution is -2.26. The molecule has 0 saturated carbocycles. The highest BCUT2D eigenvalue weighted by Crippen LogP contribution is 2.27. The molecule has 0 saturated heterocycles. The van der Waals surface area contributed by atoms with Crippen LogP contribution in [-0.2, 0) is 7.05 Å². The van der Waals surface area contributed by atoms with Crippen molar-refractivity contribution in [1.82, 2.24) is 4.57 Å². The van der Waals surface area contributed by atoms with Crippen LogP contribution in [-0.4, -0.2) is 15.6 Å². The van der Waals surface area contributed by atoms with Gasteiger partial charge in [-0.3, -0.25) is 9.59 Å². The van der Waals surface area contributed by atoms with Crippen LogP contribution >= 0.6 is 11.6 Å². The van der Waals surface area contributed by atoms with E-state index in [4.69, 9.17) is 11.6 Å². The number of carbonyl (C=O) groups excluding carboxylic acids is 1. The lowest BCUT2D eigenvalue weighted by atomic mass is 10.1. The van der Waals surface area contributed by atoms with Crippen LogP contribution in [0.25, 0.3) is 10.8 Å². The minimum Gasteiger partial charge on any atom is -0.505 e. The number of aromatic nitrogens is 1. The van der Waals surface area contributed by atoms with Gasteiger partial charge in [0, 0.05) is 12.4 Å². The van der Waals surface area contributed by atoms with E-state index < -0.39 is 5.91 Å². The van der Waals surface area contributed by atoms with Gasteiger partial charge in [0.25, 0.3) is 11.5 Å². The summed E-state index contributed by atoms with van der Waals surface area (Å²) in [4.78, 5) is 24.9. The molecule has 0 fully saturated rings. The Labute approximate surface area is 136 Å². The van der Waals surface area contributed by atoms with Crippen molar-refractivity contribution in [3.63, 3.8) is 0 Å². The van der Waals surface area contributed by atoms with Crippen LogP contribution in [0.1, 0.15) is 10.5 Å². The van der Waals surface area contributed by atoms with Gasteiger partial charge in [-0.2, -0.15) is 0 Å². The number of benzene rings is 2. The third-order valence-corrected chi connectivity index (χ3v) is 3.94. The van der Waals surface area contributed by atoms with Crippen molar-refractivity contribution in [2.75, 3.05) is 5.32 Å². The molecule has 5 nitrogen and oxygen atoms in total. The van der Waals surface area contributed by atoms with E-state index in [0.29, 0.717) is 21.5 Å². The van der Waals surface area contributed by atoms with Gasteiger partial charge in [0.1, 0.15) is 0 Å². The molecule has 23 heavy (non-hydrogen) atoms. The summed E-state index contributed by atoms with van der Waals surface area (Å²) in [5.74, 6) is -0.854. The molecular weight excluding hydrogens is 316 g/mol. The number of amides is 1. The Morgan fingerprint density at radius 2 is 1.70 bits per heavy atom. The van der Waals surface area contributed by atoms with Crippen molar-refractivity contribution in [3.05, 3.63) is 69.6 Å². The molecule has 0 radical (unpaired) electrons. The molecule has 116 valence electrons. The van der Waals surface area contributed by atoms with E-state index in [1.807, 2.05) is 0 Å². The number of aromatic hydroxyl groups is 1. The number of pyridine rings is 1. The number of hydrogen-bond acceptors (Lipinski definition) is 3. The Balaban J connectivity index is 2.15. The van der Waals surface area contributed by atoms with E-state index >= 15 is 0 Å². The fourth-order valence-corrected chi connectivity index (χ4v) is 2.63. The zero-order valence-corrected chi connectivity index (χ0v) is 13.0. The molecule has 1 heterocycles. The quantitative estimate of drug-likeness (QED) is 0.759. The standard InChI is InChI=1S/C17H13ClN2O3/c1-20-14(16(22)19-13-9-5-4-8-12(13)18)15(21)10-6-2-3-7-11(10)17(20)23/h2-9,21H,1H3,(H,19,22). The summed E-state index contributed by atoms with van der Waals surface area (Å²) in [6, 6.07) is 13.3. The smallest absolute Gasteiger partial charge is 0.276 e. The van der Waals surface area contributed by atoms with Gasteiger partial charge in [0.15, 0.2) is 11.4 Å². The van der Waals surface area contributed by atoms with E-state index in [1.165, 1.54) is 7.05 Å². The third kappa shape index (κ3) is 2.55. The number of halogens is 1. The van der Waals surface area contributed by atoms with Crippen LogP contribution in [0, 0.1) is 0 Å². The Morgan fingerprint density at radius 1 is 1.09 bits per heavy atom. The molecule has 0 spiro atoms. The fraction of sp³-hybridized carbons (Fsp3) is 0.0588. The van der Waals surface area contributed by atoms with Gasteiger partial charge in [-0.05, 0) is 18.2 Å². The topological polar surface area (TPSA) is 71.3 Å². The van der Waals surface area contributed by atoms with E-state index in [-0.39, 0.29) is 17.0 Å². The van der Waals surface area contributed by atoms with Crippen molar-refractivity contribution in [3.8, 4) is 5.75 Å². The maximum atomic E-state index is 12.5. The summed E-state index contributed by atoms with van der Waals surface area (Å²) in [5, 5.41) is 14.1. The molecular formula is C17H13ClN2O3. The summed E-state index contributed by atoms with van der Waals surface area (Å²) >= 11 is 6.02. The SMILES string of the molecule is Cn1c(C(=O)Nc2ccccc2Cl)c(O)c2ccccc2c1=O. The highest BCUT2D eigenvalue weighted by molar-refractivity contribution is 6.34. The molecule has 3 aromatic rings. The molecule has 2 aromatic carbocycles. The molecule has 0 aliphatic rings. The average Bonchev–Trinajstić information content (AvgIpc) is 2.55. The second-order valence-electron chi connectivity index (χ2n) is 5.04. The molecule has 0 atom stereocenters. The van der Waals surface area contributed by atoms with Gasteiger partial charge in [0.05, 0.1) is 16.1 Å². The first kappa shape index (κ1) is 15.1. The lowest BCUT2D eigenvalue weighted by molar-refractivity contribution is 0.101. The maximum absolute atomic E-state index is 12.5. The largest absolute Gasteiger partial charge is 0.505 e. The second kappa shape index (κ2) is 5.78. The minimum atomic E-state index is -0.610. The molecule has 3 rings (SSSR count). The predicted octanol–water partition coefficient (Wildman–Crippen LogP) is 3.15. The molecule has 0 bridgehead atoms. The van der Waals surface area contributed by atoms with Gasteiger partial charge in [-0.1, -0.05) is 41.9 Å². The van der Waals surface area contributed by atoms with Crippen LogP contribution in [0.5, 0.6) is 5.75 Å². The number of nitrogens with zero attached hydrogens (tertiary/aromatic N) is 1. The number of para-hydroxylation sites is 1. The van der Waals surface area contributed by atoms with Crippen molar-refractivity contribution in [2.45, 2.75) is 0 Å². The second-order valence-corrected chi connectivity index (χ2v) is 5.45. The van der Waals surface area contributed by atoms with Crippen LogP contribution in [0.2, 0.25) is 5.02 Å². The zero-order chi connectivity index (χ0) is 16.6. The number of rotatable bonds is 2. The molecule has 0 unspecified atom stereocenters. The Kier molecular flexibility index (Phi) is 3.80. The Hall–Kier alpha value is -2.79. The number of carbonyl (C=O) groups is 1. The zero-order valence-electron chi connectivity index (χ0n) is 12.2. The van der Waals surface area contributed by atoms with Gasteiger partial charge in [-0.25, -0.2) is 0 Å². The number of hydrogen-bond donors (Lipinski definition) is 2. The van der Waals surface area contributed by atoms with Crippen molar-refractivity contribution >= 4 is 34.0 Å². The van der Waals surface area contributed by atoms with Gasteiger partial charge in [0.2, 0.25) is 0 Å². The molecule has 6 heteroatoms. The van der Waals surface area contributed by atoms with Crippen LogP contribution in [0.15, 0.2) is 53.3 Å². The maximum Gasteiger partial charge on any atom is 0.276 e. The van der Waals surface area contributed by atoms with E-state index in [0.717, 1.165) is 4.57 Å². The van der Waals surface area contributed by atoms with E-state index in [2.05, 4.69) is 5.32 Å². The first-order valence-electron chi connectivity index (χ1n) is 6.87. The van der Waals surface area contributed by atoms with Gasteiger partial charge >= 0.3 is 0 Å². The molecule has 2 N–H and O–H groups in total. The predicted molar refractivity (Wildman–Crippen MR) is 90.3 cm³/mol. The molecule has 0 aliphatic heterocycles. The Morgan fingerprint density at radius 3 is 2.39 bits per heavy atom. The highest BCUT2D eigenvalue weighted by atomic mass is 35.5. The average molecular weight is 329 g/mol. The van der Waals surface area contributed by atoms with Gasteiger partial charge < -0.3 is 15.0 Å². The van der Waals surface area contributed by atoms with Crippen molar-refractivity contribution in [1.29, 1.82) is 0 Å². The van der Waals surface area contributed by atoms with Crippen LogP contribution in [0.4, 0.5) is 5.69 Å². The van der Waals surface area contributed by atoms with Crippen molar-refractivity contribution in [2.24, 2.45) is 7.05 Å². The first-order valence-corrected chi connectivity index (χ1v) is 7.25. The Bertz CT molecular complexity index is 979. The molecule has 0 aliphatic carbocycles. The summed E-state index contributed by atoms with van der Waals surface area (Å²) in [6.07, 6.45) is 0. The van der Waals surface area contributed by atoms with E-state index in [9.17, 15) is 14.7 Å². The number of nitrogens with one attached hydrogen (secondary N) is 1. The summed E-state index contributed by atoms with van der Waals surface area (Å²) < 4.78 is 1.13. The third-order valence-electron chi connectivity index (χ3n) is 3.61. The number of anilines is 1. The van der Waals surface area contributed by atoms with Crippen molar-refractivity contribution < 1.29 is 9.90 Å². The van der Waals surface area contributed by atoms with E-state index in [1.54, 1.807) is 48.5 Å². The van der Waals surface area contributed by atoms with Crippen LogP contribution < -0.4 is 10.9 Å². The molecule has 1 aromatic heterocycles. The molecule has 1 amide bonds. The lowest BCUT2D eigenvalue weighted by Gasteiger charge is -2.13. The van der Waals surface area contributed by atoms with Gasteiger partial charge in [-0.15, -0.1) is 0 Å². The first-order chi connectivity index (χ1) is 11.0. The minimum absolute atomic E-state index is 0.117. The summed E-state index contributed by atoms with van der Waals surface area (Å²) in [5.41, 5.74) is -0.0736. The number of fused-ring (bicyclic) bond motifs is 1. The fourth-order valence-electron chi connectivity index (χ4n) is 2.45. The summed E-state index contributed by atoms with van der Waals surface area (Å²) in [7, 11) is 1.44.